The highest BCUT2D eigenvalue weighted by Crippen LogP contribution is 2.34. The molecule has 0 aliphatic carbocycles. The van der Waals surface area contributed by atoms with Gasteiger partial charge in [0.1, 0.15) is 11.8 Å². The predicted octanol–water partition coefficient (Wildman–Crippen LogP) is 4.40. The summed E-state index contributed by atoms with van der Waals surface area (Å²) in [7, 11) is 0. The van der Waals surface area contributed by atoms with Gasteiger partial charge in [0.25, 0.3) is 11.6 Å². The first-order chi connectivity index (χ1) is 15.7. The number of esters is 1. The lowest BCUT2D eigenvalue weighted by atomic mass is 9.91. The molecule has 172 valence electrons. The molecule has 1 aliphatic rings. The van der Waals surface area contributed by atoms with E-state index in [4.69, 9.17) is 21.6 Å². The van der Waals surface area contributed by atoms with Gasteiger partial charge in [0.15, 0.2) is 6.61 Å². The van der Waals surface area contributed by atoms with Crippen molar-refractivity contribution in [1.82, 2.24) is 0 Å². The minimum atomic E-state index is -0.869. The summed E-state index contributed by atoms with van der Waals surface area (Å²) in [6.45, 7) is 4.97. The van der Waals surface area contributed by atoms with E-state index in [9.17, 15) is 19.7 Å². The molecular formula is C23H23ClN4O5. The average Bonchev–Trinajstić information content (AvgIpc) is 2.76. The Hall–Kier alpha value is -3.64. The van der Waals surface area contributed by atoms with Gasteiger partial charge in [-0.2, -0.15) is 5.26 Å². The van der Waals surface area contributed by atoms with Crippen LogP contribution < -0.4 is 10.2 Å². The molecule has 1 N–H and O–H groups in total. The number of nitrogens with one attached hydrogen (secondary N) is 1. The minimum absolute atomic E-state index is 0.0307. The van der Waals surface area contributed by atoms with Crippen LogP contribution in [0.2, 0.25) is 5.02 Å². The molecule has 2 aromatic rings. The zero-order valence-electron chi connectivity index (χ0n) is 18.2. The number of hydrogen-bond donors (Lipinski definition) is 1. The number of amides is 1. The molecule has 10 heteroatoms. The Labute approximate surface area is 196 Å². The molecule has 2 atom stereocenters. The van der Waals surface area contributed by atoms with Crippen molar-refractivity contribution < 1.29 is 19.2 Å². The maximum atomic E-state index is 12.4. The van der Waals surface area contributed by atoms with Crippen LogP contribution in [0.25, 0.3) is 0 Å². The number of carbonyl (C=O) groups is 2. The topological polar surface area (TPSA) is 126 Å². The number of nitro groups is 1. The van der Waals surface area contributed by atoms with Crippen molar-refractivity contribution in [2.45, 2.75) is 20.3 Å². The normalized spacial score (nSPS) is 17.7. The number of ether oxygens (including phenoxy) is 1. The van der Waals surface area contributed by atoms with Crippen LogP contribution in [0.15, 0.2) is 36.4 Å². The van der Waals surface area contributed by atoms with Gasteiger partial charge in [-0.3, -0.25) is 14.9 Å². The smallest absolute Gasteiger partial charge is 0.338 e. The van der Waals surface area contributed by atoms with Gasteiger partial charge in [-0.25, -0.2) is 4.79 Å². The second-order valence-electron chi connectivity index (χ2n) is 8.24. The van der Waals surface area contributed by atoms with Crippen molar-refractivity contribution in [2.75, 3.05) is 29.9 Å². The van der Waals surface area contributed by atoms with Gasteiger partial charge in [-0.1, -0.05) is 25.4 Å². The Morgan fingerprint density at radius 3 is 2.58 bits per heavy atom. The SMILES string of the molecule is C[C@@H]1C[C@@H](C)CN(c2ccc(C(=O)OCC(=O)Nc3cc(Cl)ccc3C#N)cc2[N+](=O)[O-])C1. The van der Waals surface area contributed by atoms with Crippen LogP contribution in [0.1, 0.15) is 36.2 Å². The van der Waals surface area contributed by atoms with E-state index in [2.05, 4.69) is 19.2 Å². The van der Waals surface area contributed by atoms with Crippen LogP contribution in [0.3, 0.4) is 0 Å². The van der Waals surface area contributed by atoms with Crippen molar-refractivity contribution >= 4 is 40.5 Å². The van der Waals surface area contributed by atoms with Crippen molar-refractivity contribution in [1.29, 1.82) is 5.26 Å². The number of anilines is 2. The molecule has 0 bridgehead atoms. The molecule has 0 spiro atoms. The Morgan fingerprint density at radius 2 is 1.94 bits per heavy atom. The van der Waals surface area contributed by atoms with Gasteiger partial charge in [0, 0.05) is 24.2 Å². The van der Waals surface area contributed by atoms with Gasteiger partial charge in [0.05, 0.1) is 21.7 Å². The zero-order valence-corrected chi connectivity index (χ0v) is 19.0. The molecule has 1 saturated heterocycles. The number of nitriles is 1. The Balaban J connectivity index is 1.69. The molecular weight excluding hydrogens is 448 g/mol. The minimum Gasteiger partial charge on any atom is -0.452 e. The molecule has 2 aromatic carbocycles. The van der Waals surface area contributed by atoms with E-state index in [0.29, 0.717) is 35.6 Å². The summed E-state index contributed by atoms with van der Waals surface area (Å²) in [4.78, 5) is 37.7. The van der Waals surface area contributed by atoms with Crippen molar-refractivity contribution in [3.8, 4) is 6.07 Å². The molecule has 3 rings (SSSR count). The summed E-state index contributed by atoms with van der Waals surface area (Å²) in [5, 5.41) is 23.6. The lowest BCUT2D eigenvalue weighted by Gasteiger charge is -2.36. The monoisotopic (exact) mass is 470 g/mol. The van der Waals surface area contributed by atoms with Crippen LogP contribution in [0.4, 0.5) is 17.1 Å². The summed E-state index contributed by atoms with van der Waals surface area (Å²) in [6, 6.07) is 10.5. The fourth-order valence-corrected chi connectivity index (χ4v) is 4.21. The van der Waals surface area contributed by atoms with Crippen LogP contribution >= 0.6 is 11.6 Å². The number of rotatable bonds is 6. The summed E-state index contributed by atoms with van der Waals surface area (Å²) >= 11 is 5.89. The molecule has 0 unspecified atom stereocenters. The highest BCUT2D eigenvalue weighted by molar-refractivity contribution is 6.31. The molecule has 0 aromatic heterocycles. The standard InChI is InChI=1S/C23H23ClN4O5/c1-14-7-15(2)12-27(11-14)20-6-4-16(8-21(20)28(31)32)23(30)33-13-22(29)26-19-9-18(24)5-3-17(19)10-25/h3-6,8-9,14-15H,7,11-13H2,1-2H3,(H,26,29)/t14-,15-/m1/s1. The summed E-state index contributed by atoms with van der Waals surface area (Å²) in [6.07, 6.45) is 1.06. The first-order valence-corrected chi connectivity index (χ1v) is 10.8. The van der Waals surface area contributed by atoms with Crippen molar-refractivity contribution in [3.63, 3.8) is 0 Å². The van der Waals surface area contributed by atoms with Crippen LogP contribution in [0, 0.1) is 33.3 Å². The quantitative estimate of drug-likeness (QED) is 0.376. The second kappa shape index (κ2) is 10.3. The van der Waals surface area contributed by atoms with Gasteiger partial charge in [-0.15, -0.1) is 0 Å². The molecule has 0 saturated carbocycles. The van der Waals surface area contributed by atoms with Crippen LogP contribution in [-0.2, 0) is 9.53 Å². The van der Waals surface area contributed by atoms with Gasteiger partial charge in [-0.05, 0) is 48.6 Å². The first-order valence-electron chi connectivity index (χ1n) is 10.4. The second-order valence-corrected chi connectivity index (χ2v) is 8.67. The maximum Gasteiger partial charge on any atom is 0.338 e. The van der Waals surface area contributed by atoms with Crippen molar-refractivity contribution in [3.05, 3.63) is 62.7 Å². The Bertz CT molecular complexity index is 1120. The largest absolute Gasteiger partial charge is 0.452 e. The average molecular weight is 471 g/mol. The summed E-state index contributed by atoms with van der Waals surface area (Å²) in [5.41, 5.74) is 0.630. The molecule has 1 heterocycles. The lowest BCUT2D eigenvalue weighted by Crippen LogP contribution is -2.39. The zero-order chi connectivity index (χ0) is 24.1. The maximum absolute atomic E-state index is 12.4. The van der Waals surface area contributed by atoms with E-state index in [1.807, 2.05) is 11.0 Å². The number of carbonyl (C=O) groups excluding carboxylic acids is 2. The predicted molar refractivity (Wildman–Crippen MR) is 123 cm³/mol. The van der Waals surface area contributed by atoms with E-state index in [1.54, 1.807) is 6.07 Å². The van der Waals surface area contributed by atoms with E-state index in [1.165, 1.54) is 30.3 Å². The van der Waals surface area contributed by atoms with Gasteiger partial charge < -0.3 is 15.0 Å². The number of nitro benzene ring substituents is 1. The molecule has 9 nitrogen and oxygen atoms in total. The first kappa shape index (κ1) is 24.0. The third-order valence-electron chi connectivity index (χ3n) is 5.33. The molecule has 0 radical (unpaired) electrons. The third-order valence-corrected chi connectivity index (χ3v) is 5.56. The highest BCUT2D eigenvalue weighted by Gasteiger charge is 2.28. The Kier molecular flexibility index (Phi) is 7.51. The number of benzene rings is 2. The fraction of sp³-hybridized carbons (Fsp3) is 0.348. The summed E-state index contributed by atoms with van der Waals surface area (Å²) < 4.78 is 5.02. The number of piperidine rings is 1. The van der Waals surface area contributed by atoms with E-state index < -0.39 is 23.4 Å². The lowest BCUT2D eigenvalue weighted by molar-refractivity contribution is -0.384. The molecule has 33 heavy (non-hydrogen) atoms. The van der Waals surface area contributed by atoms with Crippen LogP contribution in [0.5, 0.6) is 0 Å². The van der Waals surface area contributed by atoms with Gasteiger partial charge >= 0.3 is 5.97 Å². The third kappa shape index (κ3) is 5.99. The Morgan fingerprint density at radius 1 is 1.24 bits per heavy atom. The highest BCUT2D eigenvalue weighted by atomic mass is 35.5. The van der Waals surface area contributed by atoms with Crippen molar-refractivity contribution in [2.24, 2.45) is 11.8 Å². The number of halogens is 1. The van der Waals surface area contributed by atoms with E-state index in [-0.39, 0.29) is 22.5 Å². The fourth-order valence-electron chi connectivity index (χ4n) is 4.04. The molecule has 1 amide bonds. The molecule has 1 aliphatic heterocycles. The summed E-state index contributed by atoms with van der Waals surface area (Å²) in [5.74, 6) is -0.744. The number of nitrogens with zero attached hydrogens (tertiary/aromatic N) is 3. The molecule has 1 fully saturated rings. The van der Waals surface area contributed by atoms with E-state index >= 15 is 0 Å². The number of hydrogen-bond acceptors (Lipinski definition) is 7. The van der Waals surface area contributed by atoms with Gasteiger partial charge in [0.2, 0.25) is 0 Å². The van der Waals surface area contributed by atoms with E-state index in [0.717, 1.165) is 6.42 Å². The van der Waals surface area contributed by atoms with Crippen LogP contribution in [-0.4, -0.2) is 36.5 Å².